The summed E-state index contributed by atoms with van der Waals surface area (Å²) in [6.07, 6.45) is 0. The zero-order valence-corrected chi connectivity index (χ0v) is 21.9. The van der Waals surface area contributed by atoms with Crippen molar-refractivity contribution >= 4 is 92.8 Å². The minimum Gasteiger partial charge on any atom is -0.290 e. The molecule has 0 fully saturated rings. The van der Waals surface area contributed by atoms with Crippen LogP contribution < -0.4 is 10.9 Å². The molecule has 0 aliphatic rings. The van der Waals surface area contributed by atoms with E-state index in [2.05, 4.69) is 44.2 Å². The van der Waals surface area contributed by atoms with E-state index in [9.17, 15) is 9.59 Å². The fraction of sp³-hybridized carbons (Fsp3) is 0.0882. The molecule has 9 aromatic rings. The van der Waals surface area contributed by atoms with Crippen molar-refractivity contribution in [1.82, 2.24) is 9.61 Å². The van der Waals surface area contributed by atoms with Gasteiger partial charge in [-0.15, -0.1) is 0 Å². The van der Waals surface area contributed by atoms with Gasteiger partial charge in [-0.25, -0.2) is 4.52 Å². The highest BCUT2D eigenvalue weighted by molar-refractivity contribution is 6.45. The number of rotatable bonds is 1. The zero-order valence-electron chi connectivity index (χ0n) is 21.1. The Morgan fingerprint density at radius 3 is 2.33 bits per heavy atom. The number of halogens is 1. The molecule has 4 nitrogen and oxygen atoms in total. The first-order valence-corrected chi connectivity index (χ1v) is 13.5. The number of hydrogen-bond donors (Lipinski definition) is 0. The van der Waals surface area contributed by atoms with Crippen LogP contribution in [-0.4, -0.2) is 9.61 Å². The molecule has 0 saturated heterocycles. The van der Waals surface area contributed by atoms with E-state index in [0.29, 0.717) is 5.02 Å². The lowest BCUT2D eigenvalue weighted by Gasteiger charge is -2.19. The lowest BCUT2D eigenvalue weighted by molar-refractivity contribution is 0.878. The van der Waals surface area contributed by atoms with Crippen LogP contribution in [0.2, 0.25) is 5.02 Å². The second-order valence-electron chi connectivity index (χ2n) is 11.0. The van der Waals surface area contributed by atoms with E-state index in [1.54, 1.807) is 18.2 Å². The first-order valence-electron chi connectivity index (χ1n) is 13.1. The van der Waals surface area contributed by atoms with E-state index in [1.165, 1.54) is 11.6 Å². The molecule has 0 bridgehead atoms. The molecule has 0 aliphatic heterocycles. The molecular formula is C34H19ClN2O2. The summed E-state index contributed by atoms with van der Waals surface area (Å²) in [5.41, 5.74) is 3.54. The molecule has 0 radical (unpaired) electrons. The van der Waals surface area contributed by atoms with Gasteiger partial charge in [0.25, 0.3) is 0 Å². The molecule has 0 N–H and O–H groups in total. The number of hydrogen-bond acceptors (Lipinski definition) is 3. The third kappa shape index (κ3) is 2.44. The Bertz CT molecular complexity index is 2640. The average molecular weight is 523 g/mol. The highest BCUT2D eigenvalue weighted by Crippen LogP contribution is 2.47. The Balaban J connectivity index is 1.67. The molecular weight excluding hydrogens is 504 g/mol. The van der Waals surface area contributed by atoms with Crippen molar-refractivity contribution in [3.8, 4) is 0 Å². The second kappa shape index (κ2) is 6.90. The van der Waals surface area contributed by atoms with Crippen molar-refractivity contribution in [2.24, 2.45) is 0 Å². The summed E-state index contributed by atoms with van der Waals surface area (Å²) in [5.74, 6) is 0.259. The van der Waals surface area contributed by atoms with E-state index in [4.69, 9.17) is 16.7 Å². The van der Waals surface area contributed by atoms with Crippen LogP contribution >= 0.6 is 11.6 Å². The van der Waals surface area contributed by atoms with Crippen LogP contribution in [0.15, 0.2) is 82.4 Å². The average Bonchev–Trinajstić information content (AvgIpc) is 3.34. The lowest BCUT2D eigenvalue weighted by Crippen LogP contribution is -2.07. The minimum absolute atomic E-state index is 0.0160. The van der Waals surface area contributed by atoms with E-state index >= 15 is 0 Å². The maximum absolute atomic E-state index is 14.0. The van der Waals surface area contributed by atoms with Crippen molar-refractivity contribution in [3.05, 3.63) is 104 Å². The summed E-state index contributed by atoms with van der Waals surface area (Å²) in [4.78, 5) is 26.4. The standard InChI is InChI=1S/C34H19ClN2O2/c1-15(2)22-13-24-20-9-10-21-31-33(25-12-17(38)7-8-19(25)32(21)35)36-37(34(20)31)26-14-27(39)29-18-6-4-3-5-16(18)11-23(22)30(29)28(24)26/h3-15H,1-2H3. The van der Waals surface area contributed by atoms with E-state index < -0.39 is 0 Å². The van der Waals surface area contributed by atoms with Gasteiger partial charge in [0.05, 0.1) is 16.1 Å². The maximum Gasteiger partial charge on any atom is 0.189 e. The van der Waals surface area contributed by atoms with Crippen LogP contribution in [0.3, 0.4) is 0 Å². The predicted octanol–water partition coefficient (Wildman–Crippen LogP) is 8.22. The van der Waals surface area contributed by atoms with Crippen molar-refractivity contribution in [2.45, 2.75) is 19.8 Å². The molecule has 2 heterocycles. The van der Waals surface area contributed by atoms with E-state index in [1.807, 2.05) is 22.7 Å². The summed E-state index contributed by atoms with van der Waals surface area (Å²) in [6, 6.07) is 23.5. The van der Waals surface area contributed by atoms with Crippen molar-refractivity contribution in [3.63, 3.8) is 0 Å². The smallest absolute Gasteiger partial charge is 0.189 e. The molecule has 0 atom stereocenters. The van der Waals surface area contributed by atoms with Gasteiger partial charge in [0.1, 0.15) is 5.52 Å². The number of nitrogens with zero attached hydrogens (tertiary/aromatic N) is 2. The normalized spacial score (nSPS) is 12.9. The van der Waals surface area contributed by atoms with Crippen LogP contribution in [0.4, 0.5) is 0 Å². The first kappa shape index (κ1) is 21.4. The summed E-state index contributed by atoms with van der Waals surface area (Å²) < 4.78 is 1.91. The number of aromatic nitrogens is 2. The number of benzene rings is 7. The molecule has 2 aromatic heterocycles. The Hall–Kier alpha value is -4.54. The Kier molecular flexibility index (Phi) is 3.79. The van der Waals surface area contributed by atoms with Crippen LogP contribution in [0.1, 0.15) is 25.3 Å². The van der Waals surface area contributed by atoms with Crippen molar-refractivity contribution in [1.29, 1.82) is 0 Å². The van der Waals surface area contributed by atoms with Gasteiger partial charge in [-0.1, -0.05) is 61.8 Å². The Morgan fingerprint density at radius 1 is 0.692 bits per heavy atom. The van der Waals surface area contributed by atoms with Crippen LogP contribution in [0.5, 0.6) is 0 Å². The Morgan fingerprint density at radius 2 is 1.49 bits per heavy atom. The first-order chi connectivity index (χ1) is 18.9. The van der Waals surface area contributed by atoms with Gasteiger partial charge in [0, 0.05) is 49.2 Å². The summed E-state index contributed by atoms with van der Waals surface area (Å²) in [7, 11) is 0. The zero-order chi connectivity index (χ0) is 26.3. The summed E-state index contributed by atoms with van der Waals surface area (Å²) >= 11 is 6.93. The van der Waals surface area contributed by atoms with Crippen LogP contribution in [0.25, 0.3) is 81.2 Å². The minimum atomic E-state index is -0.0881. The number of fused-ring (bicyclic) bond motifs is 6. The van der Waals surface area contributed by atoms with E-state index in [0.717, 1.165) is 81.2 Å². The predicted molar refractivity (Wildman–Crippen MR) is 163 cm³/mol. The van der Waals surface area contributed by atoms with Gasteiger partial charge in [-0.2, -0.15) is 5.10 Å². The monoisotopic (exact) mass is 522 g/mol. The van der Waals surface area contributed by atoms with Gasteiger partial charge in [-0.05, 0) is 63.4 Å². The topological polar surface area (TPSA) is 51.4 Å². The maximum atomic E-state index is 14.0. The molecule has 0 aliphatic carbocycles. The van der Waals surface area contributed by atoms with E-state index in [-0.39, 0.29) is 16.8 Å². The van der Waals surface area contributed by atoms with Crippen molar-refractivity contribution in [2.75, 3.05) is 0 Å². The van der Waals surface area contributed by atoms with Gasteiger partial charge >= 0.3 is 0 Å². The molecule has 9 rings (SSSR count). The van der Waals surface area contributed by atoms with Gasteiger partial charge in [0.15, 0.2) is 10.9 Å². The third-order valence-corrected chi connectivity index (χ3v) is 9.04. The van der Waals surface area contributed by atoms with Gasteiger partial charge in [0.2, 0.25) is 0 Å². The fourth-order valence-electron chi connectivity index (χ4n) is 6.99. The molecule has 0 saturated carbocycles. The highest BCUT2D eigenvalue weighted by atomic mass is 35.5. The molecule has 0 spiro atoms. The van der Waals surface area contributed by atoms with Crippen LogP contribution in [0, 0.1) is 0 Å². The van der Waals surface area contributed by atoms with Crippen LogP contribution in [-0.2, 0) is 0 Å². The molecule has 184 valence electrons. The second-order valence-corrected chi connectivity index (χ2v) is 11.4. The summed E-state index contributed by atoms with van der Waals surface area (Å²) in [6.45, 7) is 4.41. The number of pyridine rings is 1. The highest BCUT2D eigenvalue weighted by Gasteiger charge is 2.25. The van der Waals surface area contributed by atoms with Gasteiger partial charge in [-0.3, -0.25) is 9.59 Å². The lowest BCUT2D eigenvalue weighted by atomic mass is 9.85. The summed E-state index contributed by atoms with van der Waals surface area (Å²) in [5, 5.41) is 17.2. The molecule has 5 heteroatoms. The van der Waals surface area contributed by atoms with Crippen molar-refractivity contribution < 1.29 is 0 Å². The quantitative estimate of drug-likeness (QED) is 0.161. The molecule has 39 heavy (non-hydrogen) atoms. The molecule has 0 unspecified atom stereocenters. The largest absolute Gasteiger partial charge is 0.290 e. The third-order valence-electron chi connectivity index (χ3n) is 8.64. The molecule has 7 aromatic carbocycles. The van der Waals surface area contributed by atoms with Gasteiger partial charge < -0.3 is 0 Å². The SMILES string of the molecule is CC(C)c1cc2c3ccc4c(Cl)c5ccc(=O)cc5c5nn(c6cc(=O)c7c8ccccc8cc1c7c26)c3c45. The fourth-order valence-corrected chi connectivity index (χ4v) is 7.31. The Labute approximate surface area is 225 Å². The molecule has 0 amide bonds.